The van der Waals surface area contributed by atoms with Crippen molar-refractivity contribution in [3.05, 3.63) is 81.7 Å². The van der Waals surface area contributed by atoms with Crippen LogP contribution in [-0.2, 0) is 0 Å². The molecular weight excluding hydrogens is 472 g/mol. The highest BCUT2D eigenvalue weighted by atomic mass is 32.1. The number of thiazole rings is 1. The summed E-state index contributed by atoms with van der Waals surface area (Å²) in [6, 6.07) is 11.8. The molecular formula is C27H24N6O2S. The van der Waals surface area contributed by atoms with Crippen LogP contribution in [0.1, 0.15) is 52.8 Å². The molecule has 2 aliphatic rings. The summed E-state index contributed by atoms with van der Waals surface area (Å²) in [6.45, 7) is 1.99. The van der Waals surface area contributed by atoms with Crippen LogP contribution >= 0.6 is 11.3 Å². The molecule has 9 heteroatoms. The van der Waals surface area contributed by atoms with Gasteiger partial charge in [0.1, 0.15) is 11.3 Å². The number of H-pyrrole nitrogens is 1. The van der Waals surface area contributed by atoms with Gasteiger partial charge in [0, 0.05) is 35.9 Å². The molecule has 8 nitrogen and oxygen atoms in total. The van der Waals surface area contributed by atoms with Crippen LogP contribution in [0.3, 0.4) is 0 Å². The summed E-state index contributed by atoms with van der Waals surface area (Å²) < 4.78 is 1.88. The SMILES string of the molecule is Cc1ncc(-c2ccn3cc(C(=O)N[C@H]4CC5(C4)C[C@H](c4n[nH]c(=O)c6ccccc64)C5)nc3c2)s1. The Morgan fingerprint density at radius 1 is 1.17 bits per heavy atom. The fourth-order valence-corrected chi connectivity index (χ4v) is 6.82. The number of imidazole rings is 1. The van der Waals surface area contributed by atoms with E-state index in [2.05, 4.69) is 25.5 Å². The Kier molecular flexibility index (Phi) is 4.66. The van der Waals surface area contributed by atoms with Crippen LogP contribution in [0.15, 0.2) is 59.8 Å². The van der Waals surface area contributed by atoms with Crippen LogP contribution in [0, 0.1) is 12.3 Å². The van der Waals surface area contributed by atoms with Gasteiger partial charge in [-0.3, -0.25) is 9.59 Å². The summed E-state index contributed by atoms with van der Waals surface area (Å²) in [5.74, 6) is 0.219. The molecule has 0 radical (unpaired) electrons. The molecule has 2 saturated carbocycles. The number of hydrogen-bond acceptors (Lipinski definition) is 6. The first-order valence-electron chi connectivity index (χ1n) is 12.2. The highest BCUT2D eigenvalue weighted by Gasteiger charge is 2.54. The van der Waals surface area contributed by atoms with Gasteiger partial charge in [-0.25, -0.2) is 15.1 Å². The molecule has 2 fully saturated rings. The lowest BCUT2D eigenvalue weighted by Crippen LogP contribution is -2.55. The fourth-order valence-electron chi connectivity index (χ4n) is 6.05. The Morgan fingerprint density at radius 2 is 1.97 bits per heavy atom. The van der Waals surface area contributed by atoms with Gasteiger partial charge >= 0.3 is 0 Å². The third-order valence-corrected chi connectivity index (χ3v) is 8.73. The Balaban J connectivity index is 1.00. The second-order valence-electron chi connectivity index (χ2n) is 10.2. The van der Waals surface area contributed by atoms with Gasteiger partial charge in [0.05, 0.1) is 21.0 Å². The van der Waals surface area contributed by atoms with Crippen LogP contribution in [0.25, 0.3) is 26.9 Å². The number of carbonyl (C=O) groups is 1. The number of aromatic amines is 1. The van der Waals surface area contributed by atoms with E-state index in [1.165, 1.54) is 0 Å². The number of amides is 1. The number of carbonyl (C=O) groups excluding carboxylic acids is 1. The van der Waals surface area contributed by atoms with E-state index in [4.69, 9.17) is 0 Å². The number of hydrogen-bond donors (Lipinski definition) is 2. The summed E-state index contributed by atoms with van der Waals surface area (Å²) in [4.78, 5) is 35.0. The Hall–Kier alpha value is -3.85. The van der Waals surface area contributed by atoms with Gasteiger partial charge in [0.2, 0.25) is 0 Å². The first kappa shape index (κ1) is 21.4. The van der Waals surface area contributed by atoms with Gasteiger partial charge in [0.25, 0.3) is 11.5 Å². The number of fused-ring (bicyclic) bond motifs is 2. The predicted molar refractivity (Wildman–Crippen MR) is 138 cm³/mol. The van der Waals surface area contributed by atoms with Crippen LogP contribution in [0.2, 0.25) is 0 Å². The monoisotopic (exact) mass is 496 g/mol. The normalized spacial score (nSPS) is 23.0. The maximum Gasteiger partial charge on any atom is 0.272 e. The zero-order valence-electron chi connectivity index (χ0n) is 19.7. The first-order chi connectivity index (χ1) is 17.5. The largest absolute Gasteiger partial charge is 0.348 e. The van der Waals surface area contributed by atoms with E-state index in [0.717, 1.165) is 57.9 Å². The molecule has 4 aromatic heterocycles. The van der Waals surface area contributed by atoms with Crippen LogP contribution in [0.4, 0.5) is 0 Å². The second kappa shape index (κ2) is 7.83. The molecule has 4 heterocycles. The number of benzene rings is 1. The molecule has 0 bridgehead atoms. The molecule has 5 aromatic rings. The first-order valence-corrected chi connectivity index (χ1v) is 13.0. The van der Waals surface area contributed by atoms with E-state index in [1.807, 2.05) is 60.1 Å². The predicted octanol–water partition coefficient (Wildman–Crippen LogP) is 4.46. The minimum atomic E-state index is -0.142. The smallest absolute Gasteiger partial charge is 0.272 e. The Labute approximate surface area is 210 Å². The van der Waals surface area contributed by atoms with Crippen molar-refractivity contribution in [2.45, 2.75) is 44.6 Å². The van der Waals surface area contributed by atoms with Crippen molar-refractivity contribution in [1.82, 2.24) is 29.9 Å². The quantitative estimate of drug-likeness (QED) is 0.382. The standard InChI is InChI=1S/C27H24N6O2S/c1-15-28-13-22(36-15)16-6-7-33-14-21(30-23(33)8-16)26(35)29-18-11-27(12-18)9-17(10-27)24-19-4-2-3-5-20(19)25(34)32-31-24/h2-8,13-14,17-18H,9-12H2,1H3,(H,29,35)(H,32,34)/t17-,18-,27?. The van der Waals surface area contributed by atoms with E-state index in [1.54, 1.807) is 17.5 Å². The number of rotatable bonds is 4. The maximum atomic E-state index is 12.9. The number of nitrogens with one attached hydrogen (secondary N) is 2. The van der Waals surface area contributed by atoms with Crippen molar-refractivity contribution in [3.63, 3.8) is 0 Å². The molecule has 0 unspecified atom stereocenters. The molecule has 0 aliphatic heterocycles. The molecule has 7 rings (SSSR count). The highest BCUT2D eigenvalue weighted by molar-refractivity contribution is 7.15. The van der Waals surface area contributed by atoms with Gasteiger partial charge in [-0.2, -0.15) is 5.10 Å². The third kappa shape index (κ3) is 3.45. The van der Waals surface area contributed by atoms with Gasteiger partial charge in [-0.15, -0.1) is 11.3 Å². The summed E-state index contributed by atoms with van der Waals surface area (Å²) >= 11 is 1.64. The minimum Gasteiger partial charge on any atom is -0.348 e. The minimum absolute atomic E-state index is 0.127. The van der Waals surface area contributed by atoms with E-state index in [0.29, 0.717) is 17.0 Å². The van der Waals surface area contributed by atoms with Crippen molar-refractivity contribution in [2.75, 3.05) is 0 Å². The Bertz CT molecular complexity index is 1700. The molecule has 0 atom stereocenters. The summed E-state index contributed by atoms with van der Waals surface area (Å²) in [5.41, 5.74) is 3.34. The topological polar surface area (TPSA) is 105 Å². The van der Waals surface area contributed by atoms with E-state index in [-0.39, 0.29) is 22.9 Å². The molecule has 180 valence electrons. The number of nitrogens with zero attached hydrogens (tertiary/aromatic N) is 4. The van der Waals surface area contributed by atoms with Gasteiger partial charge in [-0.05, 0) is 61.8 Å². The molecule has 1 spiro atoms. The van der Waals surface area contributed by atoms with Crippen molar-refractivity contribution < 1.29 is 4.79 Å². The summed E-state index contributed by atoms with van der Waals surface area (Å²) in [7, 11) is 0. The zero-order chi connectivity index (χ0) is 24.4. The molecule has 2 aliphatic carbocycles. The van der Waals surface area contributed by atoms with Gasteiger partial charge in [0.15, 0.2) is 0 Å². The molecule has 1 aromatic carbocycles. The number of pyridine rings is 1. The molecule has 2 N–H and O–H groups in total. The lowest BCUT2D eigenvalue weighted by molar-refractivity contribution is -0.0197. The molecule has 0 saturated heterocycles. The van der Waals surface area contributed by atoms with Crippen molar-refractivity contribution in [2.24, 2.45) is 5.41 Å². The summed E-state index contributed by atoms with van der Waals surface area (Å²) in [6.07, 6.45) is 9.61. The van der Waals surface area contributed by atoms with E-state index >= 15 is 0 Å². The van der Waals surface area contributed by atoms with Crippen molar-refractivity contribution in [1.29, 1.82) is 0 Å². The maximum absolute atomic E-state index is 12.9. The molecule has 1 amide bonds. The fraction of sp³-hybridized carbons (Fsp3) is 0.296. The van der Waals surface area contributed by atoms with Crippen molar-refractivity contribution in [3.8, 4) is 10.4 Å². The second-order valence-corrected chi connectivity index (χ2v) is 11.5. The number of aryl methyl sites for hydroxylation is 1. The summed E-state index contributed by atoms with van der Waals surface area (Å²) in [5, 5.41) is 12.9. The highest BCUT2D eigenvalue weighted by Crippen LogP contribution is 2.62. The lowest BCUT2D eigenvalue weighted by atomic mass is 9.49. The van der Waals surface area contributed by atoms with Gasteiger partial charge in [-0.1, -0.05) is 18.2 Å². The lowest BCUT2D eigenvalue weighted by Gasteiger charge is -2.57. The van der Waals surface area contributed by atoms with Crippen LogP contribution in [0.5, 0.6) is 0 Å². The zero-order valence-corrected chi connectivity index (χ0v) is 20.5. The molecule has 36 heavy (non-hydrogen) atoms. The number of aromatic nitrogens is 5. The average molecular weight is 497 g/mol. The van der Waals surface area contributed by atoms with Gasteiger partial charge < -0.3 is 9.72 Å². The van der Waals surface area contributed by atoms with E-state index < -0.39 is 0 Å². The van der Waals surface area contributed by atoms with Crippen LogP contribution < -0.4 is 10.9 Å². The van der Waals surface area contributed by atoms with Crippen molar-refractivity contribution >= 4 is 33.7 Å². The van der Waals surface area contributed by atoms with E-state index in [9.17, 15) is 9.59 Å². The average Bonchev–Trinajstić information content (AvgIpc) is 3.46. The Morgan fingerprint density at radius 3 is 2.75 bits per heavy atom. The van der Waals surface area contributed by atoms with Crippen LogP contribution in [-0.4, -0.2) is 36.5 Å². The third-order valence-electron chi connectivity index (χ3n) is 7.76.